The minimum atomic E-state index is 0.564. The lowest BCUT2D eigenvalue weighted by molar-refractivity contribution is 0.102. The molecule has 0 aliphatic carbocycles. The Morgan fingerprint density at radius 1 is 1.14 bits per heavy atom. The number of hydrogen-bond acceptors (Lipinski definition) is 2. The summed E-state index contributed by atoms with van der Waals surface area (Å²) >= 11 is 0. The van der Waals surface area contributed by atoms with Gasteiger partial charge in [-0.2, -0.15) is 5.26 Å². The fourth-order valence-electron chi connectivity index (χ4n) is 1.98. The van der Waals surface area contributed by atoms with Crippen molar-refractivity contribution in [1.29, 1.82) is 5.26 Å². The van der Waals surface area contributed by atoms with Crippen LogP contribution < -0.4 is 0 Å². The Labute approximate surface area is 87.3 Å². The molecule has 0 aromatic heterocycles. The van der Waals surface area contributed by atoms with E-state index in [9.17, 15) is 0 Å². The van der Waals surface area contributed by atoms with Crippen LogP contribution in [0.1, 0.15) is 57.8 Å². The van der Waals surface area contributed by atoms with Crippen LogP contribution in [0.15, 0.2) is 0 Å². The van der Waals surface area contributed by atoms with Gasteiger partial charge in [-0.05, 0) is 25.7 Å². The number of ether oxygens (including phenoxy) is 1. The van der Waals surface area contributed by atoms with Crippen LogP contribution in [0.5, 0.6) is 0 Å². The van der Waals surface area contributed by atoms with Crippen molar-refractivity contribution in [2.45, 2.75) is 63.9 Å². The Kier molecular flexibility index (Phi) is 6.43. The van der Waals surface area contributed by atoms with Crippen molar-refractivity contribution in [2.24, 2.45) is 0 Å². The fraction of sp³-hybridized carbons (Fsp3) is 0.917. The molecule has 0 N–H and O–H groups in total. The van der Waals surface area contributed by atoms with Gasteiger partial charge in [0.1, 0.15) is 0 Å². The minimum absolute atomic E-state index is 0.564. The van der Waals surface area contributed by atoms with Gasteiger partial charge in [-0.25, -0.2) is 0 Å². The molecule has 0 aromatic rings. The highest BCUT2D eigenvalue weighted by Gasteiger charge is 2.13. The molecule has 0 amide bonds. The molecular formula is C12H21NO. The van der Waals surface area contributed by atoms with Gasteiger partial charge in [0.2, 0.25) is 0 Å². The summed E-state index contributed by atoms with van der Waals surface area (Å²) < 4.78 is 5.55. The van der Waals surface area contributed by atoms with Gasteiger partial charge in [-0.15, -0.1) is 0 Å². The zero-order valence-electron chi connectivity index (χ0n) is 9.00. The zero-order valence-corrected chi connectivity index (χ0v) is 9.00. The van der Waals surface area contributed by atoms with E-state index in [0.717, 1.165) is 19.4 Å². The predicted molar refractivity (Wildman–Crippen MR) is 56.9 cm³/mol. The summed E-state index contributed by atoms with van der Waals surface area (Å²) in [5, 5.41) is 8.35. The van der Waals surface area contributed by atoms with Crippen LogP contribution in [0.4, 0.5) is 0 Å². The highest BCUT2D eigenvalue weighted by atomic mass is 16.5. The SMILES string of the molecule is N#CCCCCCCCC1CCCO1. The van der Waals surface area contributed by atoms with Gasteiger partial charge in [0.25, 0.3) is 0 Å². The number of hydrogen-bond donors (Lipinski definition) is 0. The Morgan fingerprint density at radius 2 is 1.93 bits per heavy atom. The van der Waals surface area contributed by atoms with E-state index in [2.05, 4.69) is 6.07 Å². The standard InChI is InChI=1S/C12H21NO/c13-10-6-4-2-1-3-5-8-12-9-7-11-14-12/h12H,1-9,11H2. The monoisotopic (exact) mass is 195 g/mol. The first-order valence-electron chi connectivity index (χ1n) is 5.92. The lowest BCUT2D eigenvalue weighted by atomic mass is 10.1. The summed E-state index contributed by atoms with van der Waals surface area (Å²) in [5.41, 5.74) is 0. The average molecular weight is 195 g/mol. The van der Waals surface area contributed by atoms with Crippen LogP contribution in [-0.2, 0) is 4.74 Å². The number of nitrogens with zero attached hydrogens (tertiary/aromatic N) is 1. The highest BCUT2D eigenvalue weighted by molar-refractivity contribution is 4.68. The predicted octanol–water partition coefficient (Wildman–Crippen LogP) is 3.42. The quantitative estimate of drug-likeness (QED) is 0.583. The van der Waals surface area contributed by atoms with E-state index in [1.165, 1.54) is 44.9 Å². The number of rotatable bonds is 7. The van der Waals surface area contributed by atoms with Crippen LogP contribution in [-0.4, -0.2) is 12.7 Å². The number of unbranched alkanes of at least 4 members (excludes halogenated alkanes) is 5. The third kappa shape index (κ3) is 5.24. The van der Waals surface area contributed by atoms with Gasteiger partial charge in [-0.3, -0.25) is 0 Å². The number of nitriles is 1. The Balaban J connectivity index is 1.78. The molecule has 0 aromatic carbocycles. The second-order valence-corrected chi connectivity index (χ2v) is 4.10. The largest absolute Gasteiger partial charge is 0.378 e. The van der Waals surface area contributed by atoms with Gasteiger partial charge in [0, 0.05) is 13.0 Å². The van der Waals surface area contributed by atoms with Crippen molar-refractivity contribution in [3.05, 3.63) is 0 Å². The van der Waals surface area contributed by atoms with Crippen molar-refractivity contribution in [1.82, 2.24) is 0 Å². The second kappa shape index (κ2) is 7.82. The summed E-state index contributed by atoms with van der Waals surface area (Å²) in [6.45, 7) is 0.979. The normalized spacial score (nSPS) is 20.9. The Bertz CT molecular complexity index is 168. The molecular weight excluding hydrogens is 174 g/mol. The third-order valence-corrected chi connectivity index (χ3v) is 2.84. The molecule has 1 aliphatic rings. The lowest BCUT2D eigenvalue weighted by Crippen LogP contribution is -2.03. The van der Waals surface area contributed by atoms with E-state index in [1.807, 2.05) is 0 Å². The third-order valence-electron chi connectivity index (χ3n) is 2.84. The maximum Gasteiger partial charge on any atom is 0.0621 e. The molecule has 1 heterocycles. The first-order valence-corrected chi connectivity index (χ1v) is 5.92. The van der Waals surface area contributed by atoms with Crippen molar-refractivity contribution >= 4 is 0 Å². The molecule has 1 atom stereocenters. The van der Waals surface area contributed by atoms with Crippen molar-refractivity contribution in [2.75, 3.05) is 6.61 Å². The fourth-order valence-corrected chi connectivity index (χ4v) is 1.98. The summed E-state index contributed by atoms with van der Waals surface area (Å²) in [6, 6.07) is 2.18. The van der Waals surface area contributed by atoms with Crippen LogP contribution in [0.25, 0.3) is 0 Å². The Hall–Kier alpha value is -0.550. The van der Waals surface area contributed by atoms with Crippen molar-refractivity contribution < 1.29 is 4.74 Å². The smallest absolute Gasteiger partial charge is 0.0621 e. The van der Waals surface area contributed by atoms with Gasteiger partial charge in [0.05, 0.1) is 12.2 Å². The summed E-state index contributed by atoms with van der Waals surface area (Å²) in [7, 11) is 0. The summed E-state index contributed by atoms with van der Waals surface area (Å²) in [6.07, 6.45) is 11.3. The maximum atomic E-state index is 8.35. The molecule has 1 fully saturated rings. The molecule has 1 aliphatic heterocycles. The highest BCUT2D eigenvalue weighted by Crippen LogP contribution is 2.18. The molecule has 0 bridgehead atoms. The topological polar surface area (TPSA) is 33.0 Å². The van der Waals surface area contributed by atoms with E-state index < -0.39 is 0 Å². The first-order chi connectivity index (χ1) is 6.93. The molecule has 2 nitrogen and oxygen atoms in total. The molecule has 14 heavy (non-hydrogen) atoms. The van der Waals surface area contributed by atoms with Crippen LogP contribution in [0, 0.1) is 11.3 Å². The van der Waals surface area contributed by atoms with Crippen molar-refractivity contribution in [3.8, 4) is 6.07 Å². The van der Waals surface area contributed by atoms with Crippen LogP contribution in [0.2, 0.25) is 0 Å². The lowest BCUT2D eigenvalue weighted by Gasteiger charge is -2.07. The summed E-state index contributed by atoms with van der Waals surface area (Å²) in [4.78, 5) is 0. The van der Waals surface area contributed by atoms with Gasteiger partial charge >= 0.3 is 0 Å². The van der Waals surface area contributed by atoms with Crippen molar-refractivity contribution in [3.63, 3.8) is 0 Å². The molecule has 2 heteroatoms. The molecule has 0 spiro atoms. The zero-order chi connectivity index (χ0) is 10.1. The van der Waals surface area contributed by atoms with Crippen LogP contribution in [0.3, 0.4) is 0 Å². The Morgan fingerprint density at radius 3 is 2.64 bits per heavy atom. The first kappa shape index (κ1) is 11.5. The molecule has 1 saturated heterocycles. The molecule has 1 rings (SSSR count). The second-order valence-electron chi connectivity index (χ2n) is 4.10. The van der Waals surface area contributed by atoms with Gasteiger partial charge in [0.15, 0.2) is 0 Å². The van der Waals surface area contributed by atoms with E-state index in [-0.39, 0.29) is 0 Å². The van der Waals surface area contributed by atoms with Crippen LogP contribution >= 0.6 is 0 Å². The van der Waals surface area contributed by atoms with E-state index in [4.69, 9.17) is 10.00 Å². The van der Waals surface area contributed by atoms with E-state index >= 15 is 0 Å². The minimum Gasteiger partial charge on any atom is -0.378 e. The summed E-state index contributed by atoms with van der Waals surface area (Å²) in [5.74, 6) is 0. The van der Waals surface area contributed by atoms with Gasteiger partial charge < -0.3 is 4.74 Å². The average Bonchev–Trinajstić information content (AvgIpc) is 2.69. The van der Waals surface area contributed by atoms with E-state index in [0.29, 0.717) is 6.10 Å². The molecule has 80 valence electrons. The van der Waals surface area contributed by atoms with E-state index in [1.54, 1.807) is 0 Å². The maximum absolute atomic E-state index is 8.35. The molecule has 0 saturated carbocycles. The molecule has 1 unspecified atom stereocenters. The molecule has 0 radical (unpaired) electrons. The van der Waals surface area contributed by atoms with Gasteiger partial charge in [-0.1, -0.05) is 25.7 Å².